The predicted octanol–water partition coefficient (Wildman–Crippen LogP) is 2.81. The van der Waals surface area contributed by atoms with E-state index in [0.717, 1.165) is 38.9 Å². The Kier molecular flexibility index (Phi) is 7.32. The van der Waals surface area contributed by atoms with Crippen molar-refractivity contribution < 1.29 is 9.72 Å². The number of non-ortho nitro benzene ring substituents is 1. The van der Waals surface area contributed by atoms with Gasteiger partial charge in [-0.15, -0.1) is 12.4 Å². The lowest BCUT2D eigenvalue weighted by Gasteiger charge is -2.34. The average molecular weight is 394 g/mol. The zero-order valence-electron chi connectivity index (χ0n) is 15.2. The molecule has 1 saturated heterocycles. The number of piperidine rings is 1. The van der Waals surface area contributed by atoms with E-state index >= 15 is 0 Å². The summed E-state index contributed by atoms with van der Waals surface area (Å²) in [4.78, 5) is 25.3. The molecule has 2 aromatic rings. The number of aromatic nitrogens is 2. The number of hydrogen-bond acceptors (Lipinski definition) is 5. The van der Waals surface area contributed by atoms with Gasteiger partial charge in [-0.05, 0) is 44.5 Å². The first kappa shape index (κ1) is 20.9. The second-order valence-corrected chi connectivity index (χ2v) is 6.43. The van der Waals surface area contributed by atoms with Crippen molar-refractivity contribution in [2.75, 3.05) is 19.6 Å². The van der Waals surface area contributed by atoms with Crippen molar-refractivity contribution in [3.63, 3.8) is 0 Å². The number of halogens is 1. The summed E-state index contributed by atoms with van der Waals surface area (Å²) >= 11 is 0. The quantitative estimate of drug-likeness (QED) is 0.601. The van der Waals surface area contributed by atoms with Gasteiger partial charge in [0.15, 0.2) is 0 Å². The lowest BCUT2D eigenvalue weighted by molar-refractivity contribution is -0.384. The molecule has 1 amide bonds. The fraction of sp³-hybridized carbons (Fsp3) is 0.444. The molecule has 0 unspecified atom stereocenters. The van der Waals surface area contributed by atoms with Gasteiger partial charge in [-0.1, -0.05) is 6.92 Å². The third kappa shape index (κ3) is 4.84. The molecule has 1 aliphatic rings. The van der Waals surface area contributed by atoms with Crippen molar-refractivity contribution in [1.82, 2.24) is 20.0 Å². The summed E-state index contributed by atoms with van der Waals surface area (Å²) in [6.07, 6.45) is 6.08. The molecule has 146 valence electrons. The zero-order valence-corrected chi connectivity index (χ0v) is 16.0. The number of benzene rings is 1. The summed E-state index contributed by atoms with van der Waals surface area (Å²) in [5.41, 5.74) is 1.24. The predicted molar refractivity (Wildman–Crippen MR) is 105 cm³/mol. The highest BCUT2D eigenvalue weighted by molar-refractivity contribution is 5.94. The van der Waals surface area contributed by atoms with E-state index in [1.54, 1.807) is 29.2 Å². The Hall–Kier alpha value is -2.45. The number of carbonyl (C=O) groups excluding carboxylic acids is 1. The molecule has 0 radical (unpaired) electrons. The summed E-state index contributed by atoms with van der Waals surface area (Å²) in [6, 6.07) is 6.35. The molecular formula is C18H24ClN5O3. The van der Waals surface area contributed by atoms with E-state index < -0.39 is 4.92 Å². The number of hydrogen-bond donors (Lipinski definition) is 1. The first-order valence-electron chi connectivity index (χ1n) is 8.91. The summed E-state index contributed by atoms with van der Waals surface area (Å²) < 4.78 is 1.57. The summed E-state index contributed by atoms with van der Waals surface area (Å²) in [5.74, 6) is -0.00749. The third-order valence-electron chi connectivity index (χ3n) is 4.63. The molecular weight excluding hydrogens is 370 g/mol. The first-order chi connectivity index (χ1) is 12.6. The van der Waals surface area contributed by atoms with Crippen molar-refractivity contribution in [2.24, 2.45) is 0 Å². The normalized spacial score (nSPS) is 14.4. The van der Waals surface area contributed by atoms with Crippen molar-refractivity contribution in [1.29, 1.82) is 0 Å². The van der Waals surface area contributed by atoms with Gasteiger partial charge < -0.3 is 10.2 Å². The smallest absolute Gasteiger partial charge is 0.269 e. The van der Waals surface area contributed by atoms with Crippen LogP contribution in [0.15, 0.2) is 36.7 Å². The molecule has 1 fully saturated rings. The Morgan fingerprint density at radius 1 is 1.33 bits per heavy atom. The number of carbonyl (C=O) groups is 1. The maximum Gasteiger partial charge on any atom is 0.269 e. The SMILES string of the molecule is CCCN(C(=O)c1cnn(-c2ccc([N+](=O)[O-])cc2)c1)C1CCNCC1.Cl. The van der Waals surface area contributed by atoms with E-state index in [9.17, 15) is 14.9 Å². The number of rotatable bonds is 6. The molecule has 27 heavy (non-hydrogen) atoms. The van der Waals surface area contributed by atoms with Gasteiger partial charge in [-0.2, -0.15) is 5.10 Å². The Labute approximate surface area is 164 Å². The van der Waals surface area contributed by atoms with E-state index in [4.69, 9.17) is 0 Å². The number of nitro groups is 1. The maximum absolute atomic E-state index is 13.0. The van der Waals surface area contributed by atoms with E-state index in [0.29, 0.717) is 11.3 Å². The fourth-order valence-corrected chi connectivity index (χ4v) is 3.28. The molecule has 8 nitrogen and oxygen atoms in total. The van der Waals surface area contributed by atoms with Gasteiger partial charge in [0.05, 0.1) is 22.4 Å². The molecule has 0 bridgehead atoms. The van der Waals surface area contributed by atoms with Gasteiger partial charge in [0.25, 0.3) is 11.6 Å². The highest BCUT2D eigenvalue weighted by Gasteiger charge is 2.26. The van der Waals surface area contributed by atoms with Gasteiger partial charge in [-0.25, -0.2) is 4.68 Å². The van der Waals surface area contributed by atoms with Crippen LogP contribution in [0.3, 0.4) is 0 Å². The summed E-state index contributed by atoms with van der Waals surface area (Å²) in [7, 11) is 0. The minimum absolute atomic E-state index is 0. The Morgan fingerprint density at radius 3 is 2.59 bits per heavy atom. The third-order valence-corrected chi connectivity index (χ3v) is 4.63. The molecule has 0 spiro atoms. The van der Waals surface area contributed by atoms with Crippen LogP contribution < -0.4 is 5.32 Å². The standard InChI is InChI=1S/C18H23N5O3.ClH/c1-2-11-21(15-7-9-19-10-8-15)18(24)14-12-20-22(13-14)16-3-5-17(6-4-16)23(25)26;/h3-6,12-13,15,19H,2,7-11H2,1H3;1H. The molecule has 1 aromatic carbocycles. The minimum atomic E-state index is -0.441. The van der Waals surface area contributed by atoms with E-state index in [1.807, 2.05) is 4.90 Å². The van der Waals surface area contributed by atoms with Crippen LogP contribution >= 0.6 is 12.4 Å². The molecule has 0 saturated carbocycles. The second kappa shape index (κ2) is 9.48. The Morgan fingerprint density at radius 2 is 2.00 bits per heavy atom. The van der Waals surface area contributed by atoms with Gasteiger partial charge in [-0.3, -0.25) is 14.9 Å². The maximum atomic E-state index is 13.0. The summed E-state index contributed by atoms with van der Waals surface area (Å²) in [5, 5.41) is 18.3. The van der Waals surface area contributed by atoms with E-state index in [2.05, 4.69) is 17.3 Å². The largest absolute Gasteiger partial charge is 0.335 e. The highest BCUT2D eigenvalue weighted by Crippen LogP contribution is 2.18. The highest BCUT2D eigenvalue weighted by atomic mass is 35.5. The van der Waals surface area contributed by atoms with Crippen molar-refractivity contribution >= 4 is 24.0 Å². The lowest BCUT2D eigenvalue weighted by Crippen LogP contribution is -2.46. The average Bonchev–Trinajstić information content (AvgIpc) is 3.16. The zero-order chi connectivity index (χ0) is 18.5. The Balaban J connectivity index is 0.00000261. The first-order valence-corrected chi connectivity index (χ1v) is 8.91. The fourth-order valence-electron chi connectivity index (χ4n) is 3.28. The van der Waals surface area contributed by atoms with Crippen LogP contribution in [0, 0.1) is 10.1 Å². The monoisotopic (exact) mass is 393 g/mol. The molecule has 1 aliphatic heterocycles. The van der Waals surface area contributed by atoms with E-state index in [-0.39, 0.29) is 30.0 Å². The van der Waals surface area contributed by atoms with Gasteiger partial charge in [0.2, 0.25) is 0 Å². The Bertz CT molecular complexity index is 772. The number of nitro benzene ring substituents is 1. The topological polar surface area (TPSA) is 93.3 Å². The molecule has 0 aliphatic carbocycles. The van der Waals surface area contributed by atoms with Crippen LogP contribution in [0.25, 0.3) is 5.69 Å². The number of nitrogens with zero attached hydrogens (tertiary/aromatic N) is 4. The van der Waals surface area contributed by atoms with Crippen LogP contribution in [-0.4, -0.2) is 51.2 Å². The second-order valence-electron chi connectivity index (χ2n) is 6.43. The van der Waals surface area contributed by atoms with E-state index in [1.165, 1.54) is 12.1 Å². The molecule has 0 atom stereocenters. The molecule has 1 N–H and O–H groups in total. The lowest BCUT2D eigenvalue weighted by atomic mass is 10.0. The van der Waals surface area contributed by atoms with Crippen LogP contribution in [0.4, 0.5) is 5.69 Å². The van der Waals surface area contributed by atoms with Crippen LogP contribution in [0.1, 0.15) is 36.5 Å². The molecule has 3 rings (SSSR count). The van der Waals surface area contributed by atoms with Gasteiger partial charge >= 0.3 is 0 Å². The van der Waals surface area contributed by atoms with Crippen molar-refractivity contribution in [3.05, 3.63) is 52.3 Å². The van der Waals surface area contributed by atoms with Gasteiger partial charge in [0, 0.05) is 30.9 Å². The van der Waals surface area contributed by atoms with Crippen molar-refractivity contribution in [3.8, 4) is 5.69 Å². The van der Waals surface area contributed by atoms with Crippen LogP contribution in [-0.2, 0) is 0 Å². The number of nitrogens with one attached hydrogen (secondary N) is 1. The molecule has 1 aromatic heterocycles. The number of amides is 1. The minimum Gasteiger partial charge on any atom is -0.335 e. The van der Waals surface area contributed by atoms with Crippen LogP contribution in [0.5, 0.6) is 0 Å². The van der Waals surface area contributed by atoms with Gasteiger partial charge in [0.1, 0.15) is 0 Å². The summed E-state index contributed by atoms with van der Waals surface area (Å²) in [6.45, 7) is 4.66. The molecule has 2 heterocycles. The van der Waals surface area contributed by atoms with Crippen LogP contribution in [0.2, 0.25) is 0 Å². The molecule has 9 heteroatoms. The van der Waals surface area contributed by atoms with Crippen molar-refractivity contribution in [2.45, 2.75) is 32.2 Å².